The molecule has 0 radical (unpaired) electrons. The predicted molar refractivity (Wildman–Crippen MR) is 76.6 cm³/mol. The molecule has 6 heteroatoms. The minimum atomic E-state index is -0.402. The maximum absolute atomic E-state index is 13.6. The summed E-state index contributed by atoms with van der Waals surface area (Å²) in [6.45, 7) is 0.704. The Morgan fingerprint density at radius 1 is 1.50 bits per heavy atom. The number of hydrogen-bond acceptors (Lipinski definition) is 4. The van der Waals surface area contributed by atoms with Crippen molar-refractivity contribution >= 4 is 34.2 Å². The summed E-state index contributed by atoms with van der Waals surface area (Å²) in [4.78, 5) is 4.24. The molecule has 3 nitrogen and oxygen atoms in total. The number of hydrogen-bond donors (Lipinski definition) is 2. The first-order valence-corrected chi connectivity index (χ1v) is 6.72. The first kappa shape index (κ1) is 12.9. The minimum Gasteiger partial charge on any atom is -0.389 e. The minimum absolute atomic E-state index is 0.0709. The van der Waals surface area contributed by atoms with Crippen LogP contribution in [0.25, 0.3) is 0 Å². The Bertz CT molecular complexity index is 540. The largest absolute Gasteiger partial charge is 0.389 e. The fourth-order valence-corrected chi connectivity index (χ4v) is 2.28. The van der Waals surface area contributed by atoms with Crippen LogP contribution in [0.4, 0.5) is 10.1 Å². The van der Waals surface area contributed by atoms with Crippen molar-refractivity contribution in [3.8, 4) is 0 Å². The van der Waals surface area contributed by atoms with Crippen molar-refractivity contribution in [2.45, 2.75) is 6.42 Å². The second-order valence-electron chi connectivity index (χ2n) is 3.72. The third-order valence-electron chi connectivity index (χ3n) is 2.43. The van der Waals surface area contributed by atoms with Crippen LogP contribution in [0.3, 0.4) is 0 Å². The third kappa shape index (κ3) is 3.24. The van der Waals surface area contributed by atoms with Crippen LogP contribution < -0.4 is 11.1 Å². The third-order valence-corrected chi connectivity index (χ3v) is 3.28. The number of benzene rings is 1. The van der Waals surface area contributed by atoms with Crippen molar-refractivity contribution in [2.75, 3.05) is 11.9 Å². The van der Waals surface area contributed by atoms with E-state index in [0.717, 1.165) is 12.1 Å². The lowest BCUT2D eigenvalue weighted by Gasteiger charge is -2.07. The van der Waals surface area contributed by atoms with Crippen molar-refractivity contribution in [3.63, 3.8) is 0 Å². The summed E-state index contributed by atoms with van der Waals surface area (Å²) in [6.07, 6.45) is 0.808. The molecule has 0 bridgehead atoms. The van der Waals surface area contributed by atoms with Crippen LogP contribution in [0.2, 0.25) is 0 Å². The van der Waals surface area contributed by atoms with Gasteiger partial charge in [-0.3, -0.25) is 0 Å². The quantitative estimate of drug-likeness (QED) is 0.827. The molecule has 0 spiro atoms. The van der Waals surface area contributed by atoms with Crippen LogP contribution in [-0.4, -0.2) is 16.5 Å². The van der Waals surface area contributed by atoms with Crippen molar-refractivity contribution in [2.24, 2.45) is 5.73 Å². The van der Waals surface area contributed by atoms with E-state index in [-0.39, 0.29) is 10.6 Å². The van der Waals surface area contributed by atoms with E-state index in [1.54, 1.807) is 29.0 Å². The Hall–Kier alpha value is -1.53. The molecule has 0 saturated carbocycles. The van der Waals surface area contributed by atoms with E-state index in [4.69, 9.17) is 18.0 Å². The van der Waals surface area contributed by atoms with Gasteiger partial charge in [0, 0.05) is 29.6 Å². The predicted octanol–water partition coefficient (Wildman–Crippen LogP) is 2.57. The highest BCUT2D eigenvalue weighted by Crippen LogP contribution is 2.14. The first-order valence-electron chi connectivity index (χ1n) is 5.37. The Kier molecular flexibility index (Phi) is 4.22. The number of aromatic nitrogens is 1. The summed E-state index contributed by atoms with van der Waals surface area (Å²) in [5.41, 5.74) is 9.21. The number of nitrogens with one attached hydrogen (secondary N) is 1. The maximum atomic E-state index is 13.6. The van der Waals surface area contributed by atoms with Gasteiger partial charge in [0.1, 0.15) is 10.8 Å². The number of nitrogens with zero attached hydrogens (tertiary/aromatic N) is 1. The van der Waals surface area contributed by atoms with E-state index in [2.05, 4.69) is 10.3 Å². The van der Waals surface area contributed by atoms with Gasteiger partial charge in [-0.05, 0) is 18.2 Å². The molecule has 94 valence electrons. The average Bonchev–Trinajstić information content (AvgIpc) is 2.81. The second-order valence-corrected chi connectivity index (χ2v) is 4.87. The van der Waals surface area contributed by atoms with Gasteiger partial charge in [0.2, 0.25) is 0 Å². The fourth-order valence-electron chi connectivity index (χ4n) is 1.52. The number of nitrogens with two attached hydrogens (primary N) is 1. The lowest BCUT2D eigenvalue weighted by Crippen LogP contribution is -2.12. The maximum Gasteiger partial charge on any atom is 0.135 e. The smallest absolute Gasteiger partial charge is 0.135 e. The summed E-state index contributed by atoms with van der Waals surface area (Å²) >= 11 is 6.31. The molecule has 0 saturated heterocycles. The highest BCUT2D eigenvalue weighted by Gasteiger charge is 2.05. The lowest BCUT2D eigenvalue weighted by molar-refractivity contribution is 0.626. The molecule has 2 rings (SSSR count). The average molecular weight is 281 g/mol. The molecule has 0 atom stereocenters. The summed E-state index contributed by atoms with van der Waals surface area (Å²) in [5, 5.41) is 5.13. The molecule has 1 aromatic carbocycles. The van der Waals surface area contributed by atoms with Gasteiger partial charge in [-0.25, -0.2) is 9.37 Å². The van der Waals surface area contributed by atoms with Gasteiger partial charge in [-0.15, -0.1) is 11.3 Å². The highest BCUT2D eigenvalue weighted by atomic mass is 32.1. The van der Waals surface area contributed by atoms with E-state index < -0.39 is 5.82 Å². The molecule has 0 aliphatic heterocycles. The number of thiocarbonyl (C=S) groups is 1. The van der Waals surface area contributed by atoms with E-state index >= 15 is 0 Å². The van der Waals surface area contributed by atoms with E-state index in [1.807, 2.05) is 5.38 Å². The molecular formula is C12H12FN3S2. The normalized spacial score (nSPS) is 10.3. The Balaban J connectivity index is 1.94. The number of halogens is 1. The Morgan fingerprint density at radius 2 is 2.33 bits per heavy atom. The summed E-state index contributed by atoms with van der Waals surface area (Å²) < 4.78 is 13.6. The van der Waals surface area contributed by atoms with E-state index in [1.165, 1.54) is 6.07 Å². The van der Waals surface area contributed by atoms with E-state index in [0.29, 0.717) is 12.2 Å². The molecule has 3 N–H and O–H groups in total. The zero-order valence-electron chi connectivity index (χ0n) is 9.52. The van der Waals surface area contributed by atoms with Crippen LogP contribution in [0, 0.1) is 5.82 Å². The van der Waals surface area contributed by atoms with Gasteiger partial charge in [-0.2, -0.15) is 0 Å². The van der Waals surface area contributed by atoms with Gasteiger partial charge in [0.05, 0.1) is 11.2 Å². The molecule has 18 heavy (non-hydrogen) atoms. The fraction of sp³-hybridized carbons (Fsp3) is 0.167. The van der Waals surface area contributed by atoms with Crippen molar-refractivity contribution in [3.05, 3.63) is 46.2 Å². The van der Waals surface area contributed by atoms with Gasteiger partial charge >= 0.3 is 0 Å². The molecule has 1 aromatic heterocycles. The number of anilines is 1. The summed E-state index contributed by atoms with van der Waals surface area (Å²) in [5.74, 6) is -0.402. The SMILES string of the molecule is NC(=S)c1ccc(NCCc2cscn2)cc1F. The number of rotatable bonds is 5. The van der Waals surface area contributed by atoms with Crippen LogP contribution in [0.5, 0.6) is 0 Å². The van der Waals surface area contributed by atoms with E-state index in [9.17, 15) is 4.39 Å². The zero-order chi connectivity index (χ0) is 13.0. The second kappa shape index (κ2) is 5.88. The molecule has 0 unspecified atom stereocenters. The molecule has 0 aliphatic rings. The monoisotopic (exact) mass is 281 g/mol. The van der Waals surface area contributed by atoms with Crippen molar-refractivity contribution in [1.29, 1.82) is 0 Å². The molecule has 0 aliphatic carbocycles. The van der Waals surface area contributed by atoms with Crippen molar-refractivity contribution in [1.82, 2.24) is 4.98 Å². The lowest BCUT2D eigenvalue weighted by atomic mass is 10.2. The molecule has 1 heterocycles. The Labute approximate surface area is 114 Å². The van der Waals surface area contributed by atoms with Crippen LogP contribution in [0.1, 0.15) is 11.3 Å². The molecule has 0 amide bonds. The van der Waals surface area contributed by atoms with Crippen LogP contribution in [0.15, 0.2) is 29.1 Å². The van der Waals surface area contributed by atoms with Crippen LogP contribution >= 0.6 is 23.6 Å². The highest BCUT2D eigenvalue weighted by molar-refractivity contribution is 7.80. The van der Waals surface area contributed by atoms with Gasteiger partial charge < -0.3 is 11.1 Å². The topological polar surface area (TPSA) is 50.9 Å². The summed E-state index contributed by atoms with van der Waals surface area (Å²) in [7, 11) is 0. The number of thiazole rings is 1. The van der Waals surface area contributed by atoms with Crippen LogP contribution in [-0.2, 0) is 6.42 Å². The molecule has 2 aromatic rings. The summed E-state index contributed by atoms with van der Waals surface area (Å²) in [6, 6.07) is 4.75. The van der Waals surface area contributed by atoms with Crippen molar-refractivity contribution < 1.29 is 4.39 Å². The first-order chi connectivity index (χ1) is 8.66. The molecular weight excluding hydrogens is 269 g/mol. The zero-order valence-corrected chi connectivity index (χ0v) is 11.2. The van der Waals surface area contributed by atoms with Gasteiger partial charge in [0.15, 0.2) is 0 Å². The standard InChI is InChI=1S/C12H12FN3S2/c13-11-5-8(1-2-10(11)12(14)17)15-4-3-9-6-18-7-16-9/h1-2,5-7,15H,3-4H2,(H2,14,17). The van der Waals surface area contributed by atoms with Gasteiger partial charge in [0.25, 0.3) is 0 Å². The van der Waals surface area contributed by atoms with Gasteiger partial charge in [-0.1, -0.05) is 12.2 Å². The molecule has 0 fully saturated rings. The Morgan fingerprint density at radius 3 is 2.94 bits per heavy atom.